The van der Waals surface area contributed by atoms with Gasteiger partial charge in [-0.25, -0.2) is 8.42 Å². The molecule has 20 heavy (non-hydrogen) atoms. The number of hydrogen-bond donors (Lipinski definition) is 2. The molecule has 110 valence electrons. The molecular weight excluding hydrogens is 300 g/mol. The Morgan fingerprint density at radius 2 is 1.85 bits per heavy atom. The molecule has 7 heteroatoms. The van der Waals surface area contributed by atoms with E-state index >= 15 is 0 Å². The lowest BCUT2D eigenvalue weighted by molar-refractivity contribution is 0.0769. The zero-order valence-electron chi connectivity index (χ0n) is 10.9. The molecule has 3 N–H and O–H groups in total. The number of anilines is 1. The number of sulfonamides is 1. The molecule has 2 fully saturated rings. The predicted molar refractivity (Wildman–Crippen MR) is 76.9 cm³/mol. The first kappa shape index (κ1) is 14.1. The molecule has 5 nitrogen and oxygen atoms in total. The van der Waals surface area contributed by atoms with Gasteiger partial charge in [0, 0.05) is 12.1 Å². The summed E-state index contributed by atoms with van der Waals surface area (Å²) in [6.07, 6.45) is 2.25. The molecule has 0 aromatic heterocycles. The van der Waals surface area contributed by atoms with Crippen LogP contribution in [-0.4, -0.2) is 36.0 Å². The maximum Gasteiger partial charge on any atom is 0.243 e. The van der Waals surface area contributed by atoms with E-state index in [9.17, 15) is 13.5 Å². The molecule has 3 rings (SSSR count). The lowest BCUT2D eigenvalue weighted by Crippen LogP contribution is -2.47. The van der Waals surface area contributed by atoms with E-state index in [2.05, 4.69) is 0 Å². The molecule has 0 radical (unpaired) electrons. The first-order chi connectivity index (χ1) is 9.39. The van der Waals surface area contributed by atoms with E-state index in [1.165, 1.54) is 18.2 Å². The second-order valence-electron chi connectivity index (χ2n) is 5.53. The van der Waals surface area contributed by atoms with Crippen molar-refractivity contribution >= 4 is 27.3 Å². The van der Waals surface area contributed by atoms with Crippen LogP contribution >= 0.6 is 11.6 Å². The summed E-state index contributed by atoms with van der Waals surface area (Å²) in [5.41, 5.74) is 5.99. The van der Waals surface area contributed by atoms with Crippen LogP contribution in [0.25, 0.3) is 0 Å². The van der Waals surface area contributed by atoms with Gasteiger partial charge in [0.05, 0.1) is 21.7 Å². The van der Waals surface area contributed by atoms with Crippen LogP contribution in [0.15, 0.2) is 23.1 Å². The van der Waals surface area contributed by atoms with E-state index in [-0.39, 0.29) is 22.0 Å². The molecule has 0 aliphatic carbocycles. The number of benzene rings is 1. The van der Waals surface area contributed by atoms with Gasteiger partial charge in [-0.1, -0.05) is 11.6 Å². The van der Waals surface area contributed by atoms with Crippen molar-refractivity contribution in [1.82, 2.24) is 4.31 Å². The fraction of sp³-hybridized carbons (Fsp3) is 0.538. The molecule has 0 amide bonds. The molecule has 2 heterocycles. The summed E-state index contributed by atoms with van der Waals surface area (Å²) in [6, 6.07) is 4.18. The number of rotatable bonds is 2. The third kappa shape index (κ3) is 2.20. The molecule has 1 aromatic rings. The second-order valence-corrected chi connectivity index (χ2v) is 7.78. The monoisotopic (exact) mass is 316 g/mol. The van der Waals surface area contributed by atoms with Gasteiger partial charge in [-0.05, 0) is 43.9 Å². The molecule has 2 bridgehead atoms. The quantitative estimate of drug-likeness (QED) is 0.812. The zero-order chi connectivity index (χ0) is 14.5. The Balaban J connectivity index is 1.98. The standard InChI is InChI=1S/C13H17ClN2O3S/c14-12-7-11(3-4-13(12)15)20(18,19)16-8-1-2-9(16)6-10(17)5-8/h3-4,7-10,17H,1-2,5-6,15H2. The highest BCUT2D eigenvalue weighted by Crippen LogP contribution is 2.40. The average Bonchev–Trinajstić information content (AvgIpc) is 2.66. The largest absolute Gasteiger partial charge is 0.398 e. The molecule has 2 atom stereocenters. The molecular formula is C13H17ClN2O3S. The Hall–Kier alpha value is -0.820. The molecule has 2 saturated heterocycles. The summed E-state index contributed by atoms with van der Waals surface area (Å²) in [5.74, 6) is 0. The number of nitrogens with two attached hydrogens (primary N) is 1. The van der Waals surface area contributed by atoms with Crippen molar-refractivity contribution in [3.8, 4) is 0 Å². The van der Waals surface area contributed by atoms with Crippen molar-refractivity contribution in [2.75, 3.05) is 5.73 Å². The van der Waals surface area contributed by atoms with E-state index in [0.29, 0.717) is 18.5 Å². The van der Waals surface area contributed by atoms with Crippen molar-refractivity contribution in [2.45, 2.75) is 48.8 Å². The number of nitrogen functional groups attached to an aromatic ring is 1. The normalized spacial score (nSPS) is 30.6. The van der Waals surface area contributed by atoms with Crippen LogP contribution in [0.1, 0.15) is 25.7 Å². The van der Waals surface area contributed by atoms with Crippen molar-refractivity contribution in [3.05, 3.63) is 23.2 Å². The van der Waals surface area contributed by atoms with Crippen LogP contribution in [-0.2, 0) is 10.0 Å². The highest BCUT2D eigenvalue weighted by molar-refractivity contribution is 7.89. The van der Waals surface area contributed by atoms with Crippen LogP contribution in [0.2, 0.25) is 5.02 Å². The Kier molecular flexibility index (Phi) is 3.44. The summed E-state index contributed by atoms with van der Waals surface area (Å²) in [7, 11) is -3.58. The Morgan fingerprint density at radius 1 is 1.25 bits per heavy atom. The number of nitrogens with zero attached hydrogens (tertiary/aromatic N) is 1. The van der Waals surface area contributed by atoms with Gasteiger partial charge >= 0.3 is 0 Å². The number of halogens is 1. The summed E-state index contributed by atoms with van der Waals surface area (Å²) in [6.45, 7) is 0. The number of aliphatic hydroxyl groups is 1. The van der Waals surface area contributed by atoms with Crippen molar-refractivity contribution in [3.63, 3.8) is 0 Å². The van der Waals surface area contributed by atoms with Gasteiger partial charge in [0.1, 0.15) is 0 Å². The van der Waals surface area contributed by atoms with Gasteiger partial charge in [-0.3, -0.25) is 0 Å². The van der Waals surface area contributed by atoms with Crippen LogP contribution in [0.4, 0.5) is 5.69 Å². The number of piperidine rings is 1. The fourth-order valence-corrected chi connectivity index (χ4v) is 5.45. The third-order valence-corrected chi connectivity index (χ3v) is 6.52. The van der Waals surface area contributed by atoms with Gasteiger partial charge in [0.25, 0.3) is 0 Å². The van der Waals surface area contributed by atoms with Gasteiger partial charge in [-0.15, -0.1) is 0 Å². The topological polar surface area (TPSA) is 83.6 Å². The zero-order valence-corrected chi connectivity index (χ0v) is 12.4. The van der Waals surface area contributed by atoms with Gasteiger partial charge in [-0.2, -0.15) is 4.31 Å². The minimum absolute atomic E-state index is 0.106. The predicted octanol–water partition coefficient (Wildman–Crippen LogP) is 1.60. The fourth-order valence-electron chi connectivity index (χ4n) is 3.29. The smallest absolute Gasteiger partial charge is 0.243 e. The minimum atomic E-state index is -3.58. The number of aliphatic hydroxyl groups excluding tert-OH is 1. The summed E-state index contributed by atoms with van der Waals surface area (Å²) in [5, 5.41) is 10.0. The molecule has 2 aliphatic rings. The average molecular weight is 317 g/mol. The first-order valence-corrected chi connectivity index (χ1v) is 8.48. The van der Waals surface area contributed by atoms with Crippen LogP contribution in [0.3, 0.4) is 0 Å². The molecule has 0 saturated carbocycles. The Bertz CT molecular complexity index is 621. The SMILES string of the molecule is Nc1ccc(S(=O)(=O)N2C3CCC2CC(O)C3)cc1Cl. The van der Waals surface area contributed by atoms with E-state index in [1.54, 1.807) is 4.31 Å². The molecule has 2 aliphatic heterocycles. The third-order valence-electron chi connectivity index (χ3n) is 4.19. The van der Waals surface area contributed by atoms with E-state index < -0.39 is 16.1 Å². The van der Waals surface area contributed by atoms with Crippen LogP contribution in [0, 0.1) is 0 Å². The molecule has 2 unspecified atom stereocenters. The number of fused-ring (bicyclic) bond motifs is 2. The number of hydrogen-bond acceptors (Lipinski definition) is 4. The van der Waals surface area contributed by atoms with E-state index in [4.69, 9.17) is 17.3 Å². The summed E-state index contributed by atoms with van der Waals surface area (Å²) in [4.78, 5) is 0.171. The van der Waals surface area contributed by atoms with E-state index in [0.717, 1.165) is 12.8 Å². The van der Waals surface area contributed by atoms with Gasteiger partial charge in [0.2, 0.25) is 10.0 Å². The Morgan fingerprint density at radius 3 is 2.40 bits per heavy atom. The highest BCUT2D eigenvalue weighted by atomic mass is 35.5. The van der Waals surface area contributed by atoms with Gasteiger partial charge < -0.3 is 10.8 Å². The van der Waals surface area contributed by atoms with Crippen molar-refractivity contribution in [1.29, 1.82) is 0 Å². The first-order valence-electron chi connectivity index (χ1n) is 6.66. The van der Waals surface area contributed by atoms with Gasteiger partial charge in [0.15, 0.2) is 0 Å². The summed E-state index contributed by atoms with van der Waals surface area (Å²) >= 11 is 5.92. The summed E-state index contributed by atoms with van der Waals surface area (Å²) < 4.78 is 27.1. The van der Waals surface area contributed by atoms with Crippen molar-refractivity contribution in [2.24, 2.45) is 0 Å². The second kappa shape index (κ2) is 4.87. The maximum atomic E-state index is 12.8. The Labute approximate surface area is 123 Å². The lowest BCUT2D eigenvalue weighted by Gasteiger charge is -2.36. The van der Waals surface area contributed by atoms with E-state index in [1.807, 2.05) is 0 Å². The maximum absolute atomic E-state index is 12.8. The van der Waals surface area contributed by atoms with Crippen LogP contribution < -0.4 is 5.73 Å². The van der Waals surface area contributed by atoms with Crippen molar-refractivity contribution < 1.29 is 13.5 Å². The van der Waals surface area contributed by atoms with Crippen LogP contribution in [0.5, 0.6) is 0 Å². The minimum Gasteiger partial charge on any atom is -0.398 e. The highest BCUT2D eigenvalue weighted by Gasteiger charge is 2.46. The molecule has 0 spiro atoms. The lowest BCUT2D eigenvalue weighted by atomic mass is 10.0. The molecule has 1 aromatic carbocycles.